The quantitative estimate of drug-likeness (QED) is 0.772. The summed E-state index contributed by atoms with van der Waals surface area (Å²) in [6, 6.07) is 5.95. The fourth-order valence-electron chi connectivity index (χ4n) is 1.55. The van der Waals surface area contributed by atoms with Gasteiger partial charge in [0.15, 0.2) is 0 Å². The molecule has 0 unspecified atom stereocenters. The first kappa shape index (κ1) is 12.8. The van der Waals surface area contributed by atoms with Crippen molar-refractivity contribution in [3.05, 3.63) is 23.8 Å². The third-order valence-electron chi connectivity index (χ3n) is 2.37. The molecule has 0 aliphatic rings. The first-order valence-corrected chi connectivity index (χ1v) is 5.81. The summed E-state index contributed by atoms with van der Waals surface area (Å²) >= 11 is 0. The Morgan fingerprint density at radius 2 is 2.12 bits per heavy atom. The molecule has 0 aliphatic carbocycles. The van der Waals surface area contributed by atoms with Crippen LogP contribution in [0.25, 0.3) is 0 Å². The van der Waals surface area contributed by atoms with Crippen molar-refractivity contribution in [1.29, 1.82) is 0 Å². The normalized spacial score (nSPS) is 10.2. The van der Waals surface area contributed by atoms with Crippen molar-refractivity contribution in [3.63, 3.8) is 0 Å². The first-order valence-electron chi connectivity index (χ1n) is 5.81. The maximum Gasteiger partial charge on any atom is 0.122 e. The van der Waals surface area contributed by atoms with Crippen LogP contribution in [0.4, 0.5) is 0 Å². The lowest BCUT2D eigenvalue weighted by atomic mass is 10.1. The average Bonchev–Trinajstić information content (AvgIpc) is 2.33. The SMILES string of the molecule is CCCOc1ccc(OC)c(CCCN)c1. The molecule has 90 valence electrons. The molecule has 0 aromatic heterocycles. The second-order valence-electron chi connectivity index (χ2n) is 3.71. The van der Waals surface area contributed by atoms with E-state index >= 15 is 0 Å². The predicted octanol–water partition coefficient (Wildman–Crippen LogP) is 2.38. The topological polar surface area (TPSA) is 44.5 Å². The maximum absolute atomic E-state index is 5.59. The number of hydrogen-bond donors (Lipinski definition) is 1. The molecule has 0 amide bonds. The molecule has 0 atom stereocenters. The predicted molar refractivity (Wildman–Crippen MR) is 66.2 cm³/mol. The highest BCUT2D eigenvalue weighted by Crippen LogP contribution is 2.25. The van der Waals surface area contributed by atoms with Gasteiger partial charge in [0.05, 0.1) is 13.7 Å². The Morgan fingerprint density at radius 1 is 1.31 bits per heavy atom. The molecular formula is C13H21NO2. The van der Waals surface area contributed by atoms with Crippen LogP contribution in [0.3, 0.4) is 0 Å². The van der Waals surface area contributed by atoms with Crippen LogP contribution >= 0.6 is 0 Å². The zero-order valence-corrected chi connectivity index (χ0v) is 10.2. The van der Waals surface area contributed by atoms with Gasteiger partial charge in [-0.05, 0) is 49.6 Å². The minimum atomic E-state index is 0.698. The van der Waals surface area contributed by atoms with E-state index in [0.29, 0.717) is 6.54 Å². The fraction of sp³-hybridized carbons (Fsp3) is 0.538. The van der Waals surface area contributed by atoms with Crippen LogP contribution in [0, 0.1) is 0 Å². The summed E-state index contributed by atoms with van der Waals surface area (Å²) in [5.74, 6) is 1.83. The number of aryl methyl sites for hydroxylation is 1. The van der Waals surface area contributed by atoms with Crippen LogP contribution < -0.4 is 15.2 Å². The molecular weight excluding hydrogens is 202 g/mol. The Kier molecular flexibility index (Phi) is 5.72. The van der Waals surface area contributed by atoms with Crippen LogP contribution in [0.15, 0.2) is 18.2 Å². The number of methoxy groups -OCH3 is 1. The Hall–Kier alpha value is -1.22. The molecule has 0 radical (unpaired) electrons. The molecule has 0 saturated carbocycles. The second-order valence-corrected chi connectivity index (χ2v) is 3.71. The molecule has 3 nitrogen and oxygen atoms in total. The van der Waals surface area contributed by atoms with E-state index in [9.17, 15) is 0 Å². The Morgan fingerprint density at radius 3 is 2.75 bits per heavy atom. The van der Waals surface area contributed by atoms with Crippen molar-refractivity contribution in [1.82, 2.24) is 0 Å². The molecule has 0 bridgehead atoms. The number of ether oxygens (including phenoxy) is 2. The summed E-state index contributed by atoms with van der Waals surface area (Å²) in [6.07, 6.45) is 2.92. The molecule has 0 heterocycles. The summed E-state index contributed by atoms with van der Waals surface area (Å²) in [5.41, 5.74) is 6.68. The number of nitrogens with two attached hydrogens (primary N) is 1. The molecule has 0 fully saturated rings. The van der Waals surface area contributed by atoms with Crippen LogP contribution in [-0.2, 0) is 6.42 Å². The molecule has 1 rings (SSSR count). The third-order valence-corrected chi connectivity index (χ3v) is 2.37. The van der Waals surface area contributed by atoms with Crippen LogP contribution in [0.2, 0.25) is 0 Å². The van der Waals surface area contributed by atoms with Gasteiger partial charge < -0.3 is 15.2 Å². The lowest BCUT2D eigenvalue weighted by molar-refractivity contribution is 0.316. The number of rotatable bonds is 7. The van der Waals surface area contributed by atoms with Crippen molar-refractivity contribution in [3.8, 4) is 11.5 Å². The standard InChI is InChI=1S/C13H21NO2/c1-3-9-16-12-6-7-13(15-2)11(10-12)5-4-8-14/h6-7,10H,3-5,8-9,14H2,1-2H3. The number of hydrogen-bond acceptors (Lipinski definition) is 3. The highest BCUT2D eigenvalue weighted by atomic mass is 16.5. The summed E-state index contributed by atoms with van der Waals surface area (Å²) in [7, 11) is 1.69. The molecule has 3 heteroatoms. The van der Waals surface area contributed by atoms with Gasteiger partial charge in [-0.2, -0.15) is 0 Å². The van der Waals surface area contributed by atoms with E-state index in [0.717, 1.165) is 37.4 Å². The minimum absolute atomic E-state index is 0.698. The fourth-order valence-corrected chi connectivity index (χ4v) is 1.55. The Labute approximate surface area is 97.6 Å². The lowest BCUT2D eigenvalue weighted by Crippen LogP contribution is -2.02. The summed E-state index contributed by atoms with van der Waals surface area (Å²) in [4.78, 5) is 0. The van der Waals surface area contributed by atoms with Gasteiger partial charge in [-0.25, -0.2) is 0 Å². The van der Waals surface area contributed by atoms with Gasteiger partial charge in [-0.1, -0.05) is 6.92 Å². The largest absolute Gasteiger partial charge is 0.496 e. The first-order chi connectivity index (χ1) is 7.81. The average molecular weight is 223 g/mol. The van der Waals surface area contributed by atoms with Gasteiger partial charge in [0, 0.05) is 0 Å². The molecule has 2 N–H and O–H groups in total. The highest BCUT2D eigenvalue weighted by molar-refractivity contribution is 5.40. The number of benzene rings is 1. The Bertz CT molecular complexity index is 313. The monoisotopic (exact) mass is 223 g/mol. The van der Waals surface area contributed by atoms with Crippen molar-refractivity contribution in [2.24, 2.45) is 5.73 Å². The van der Waals surface area contributed by atoms with E-state index in [4.69, 9.17) is 15.2 Å². The highest BCUT2D eigenvalue weighted by Gasteiger charge is 2.04. The maximum atomic E-state index is 5.59. The summed E-state index contributed by atoms with van der Waals surface area (Å²) in [5, 5.41) is 0. The molecule has 16 heavy (non-hydrogen) atoms. The lowest BCUT2D eigenvalue weighted by Gasteiger charge is -2.11. The van der Waals surface area contributed by atoms with Crippen molar-refractivity contribution >= 4 is 0 Å². The van der Waals surface area contributed by atoms with E-state index in [1.165, 1.54) is 5.56 Å². The third kappa shape index (κ3) is 3.74. The van der Waals surface area contributed by atoms with Gasteiger partial charge in [-0.3, -0.25) is 0 Å². The minimum Gasteiger partial charge on any atom is -0.496 e. The van der Waals surface area contributed by atoms with E-state index in [2.05, 4.69) is 6.92 Å². The summed E-state index contributed by atoms with van der Waals surface area (Å²) < 4.78 is 10.9. The van der Waals surface area contributed by atoms with Gasteiger partial charge in [0.25, 0.3) is 0 Å². The molecule has 0 spiro atoms. The van der Waals surface area contributed by atoms with E-state index < -0.39 is 0 Å². The van der Waals surface area contributed by atoms with Crippen LogP contribution in [0.5, 0.6) is 11.5 Å². The van der Waals surface area contributed by atoms with E-state index in [1.54, 1.807) is 7.11 Å². The molecule has 1 aromatic rings. The zero-order chi connectivity index (χ0) is 11.8. The van der Waals surface area contributed by atoms with Crippen LogP contribution in [-0.4, -0.2) is 20.3 Å². The van der Waals surface area contributed by atoms with Gasteiger partial charge >= 0.3 is 0 Å². The summed E-state index contributed by atoms with van der Waals surface area (Å²) in [6.45, 7) is 3.55. The van der Waals surface area contributed by atoms with Crippen LogP contribution in [0.1, 0.15) is 25.3 Å². The van der Waals surface area contributed by atoms with E-state index in [1.807, 2.05) is 18.2 Å². The van der Waals surface area contributed by atoms with Crippen molar-refractivity contribution < 1.29 is 9.47 Å². The smallest absolute Gasteiger partial charge is 0.122 e. The Balaban J connectivity index is 2.74. The zero-order valence-electron chi connectivity index (χ0n) is 10.2. The van der Waals surface area contributed by atoms with Crippen molar-refractivity contribution in [2.45, 2.75) is 26.2 Å². The molecule has 0 aliphatic heterocycles. The van der Waals surface area contributed by atoms with Gasteiger partial charge in [-0.15, -0.1) is 0 Å². The van der Waals surface area contributed by atoms with Crippen molar-refractivity contribution in [2.75, 3.05) is 20.3 Å². The van der Waals surface area contributed by atoms with Gasteiger partial charge in [0.1, 0.15) is 11.5 Å². The molecule has 0 saturated heterocycles. The van der Waals surface area contributed by atoms with Gasteiger partial charge in [0.2, 0.25) is 0 Å². The molecule has 1 aromatic carbocycles. The van der Waals surface area contributed by atoms with E-state index in [-0.39, 0.29) is 0 Å². The second kappa shape index (κ2) is 7.12.